The first-order valence-electron chi connectivity index (χ1n) is 10.9. The third kappa shape index (κ3) is 4.74. The molecule has 1 unspecified atom stereocenters. The Morgan fingerprint density at radius 1 is 1.08 bits per heavy atom. The lowest BCUT2D eigenvalue weighted by molar-refractivity contribution is -0.140. The van der Waals surface area contributed by atoms with Crippen LogP contribution in [0.5, 0.6) is 0 Å². The van der Waals surface area contributed by atoms with Gasteiger partial charge < -0.3 is 10.8 Å². The quantitative estimate of drug-likeness (QED) is 0.324. The molecule has 11 heteroatoms. The fraction of sp³-hybridized carbons (Fsp3) is 0.200. The van der Waals surface area contributed by atoms with Gasteiger partial charge in [-0.3, -0.25) is 8.87 Å². The van der Waals surface area contributed by atoms with E-state index in [4.69, 9.17) is 28.9 Å². The van der Waals surface area contributed by atoms with E-state index in [1.807, 2.05) is 0 Å². The lowest BCUT2D eigenvalue weighted by Gasteiger charge is -2.37. The number of rotatable bonds is 6. The number of aromatic nitrogens is 2. The van der Waals surface area contributed by atoms with Crippen molar-refractivity contribution in [3.63, 3.8) is 0 Å². The van der Waals surface area contributed by atoms with Crippen molar-refractivity contribution >= 4 is 61.5 Å². The number of nitrogens with two attached hydrogens (primary N) is 1. The van der Waals surface area contributed by atoms with Gasteiger partial charge in [0.1, 0.15) is 6.04 Å². The van der Waals surface area contributed by atoms with Gasteiger partial charge in [0, 0.05) is 27.8 Å². The third-order valence-electron chi connectivity index (χ3n) is 5.65. The Morgan fingerprint density at radius 3 is 2.33 bits per heavy atom. The second-order valence-electron chi connectivity index (χ2n) is 9.36. The number of hydrogen-bond donors (Lipinski definition) is 2. The highest BCUT2D eigenvalue weighted by Gasteiger charge is 2.43. The van der Waals surface area contributed by atoms with Gasteiger partial charge >= 0.3 is 5.97 Å². The molecule has 2 heterocycles. The van der Waals surface area contributed by atoms with Crippen molar-refractivity contribution in [3.05, 3.63) is 77.0 Å². The van der Waals surface area contributed by atoms with Gasteiger partial charge in [-0.25, -0.2) is 18.2 Å². The first-order chi connectivity index (χ1) is 16.8. The highest BCUT2D eigenvalue weighted by molar-refractivity contribution is 7.93. The SMILES string of the molecule is CC(C)(C)C(C(=O)O)N(c1ccc2c(ccn2-c2ncccc2N)c1)S(=O)(=O)c1cc(Cl)cc(Cl)c1. The number of aliphatic carboxylic acids is 1. The summed E-state index contributed by atoms with van der Waals surface area (Å²) in [4.78, 5) is 16.6. The Hall–Kier alpha value is -3.27. The molecule has 0 aliphatic carbocycles. The number of benzene rings is 2. The zero-order chi connectivity index (χ0) is 26.4. The van der Waals surface area contributed by atoms with Gasteiger partial charge in [0.25, 0.3) is 10.0 Å². The first kappa shape index (κ1) is 25.8. The second-order valence-corrected chi connectivity index (χ2v) is 12.0. The molecule has 4 rings (SSSR count). The van der Waals surface area contributed by atoms with Gasteiger partial charge in [-0.15, -0.1) is 0 Å². The molecule has 188 valence electrons. The van der Waals surface area contributed by atoms with Crippen molar-refractivity contribution in [2.45, 2.75) is 31.7 Å². The van der Waals surface area contributed by atoms with Crippen LogP contribution < -0.4 is 10.0 Å². The molecule has 0 saturated carbocycles. The topological polar surface area (TPSA) is 119 Å². The van der Waals surface area contributed by atoms with E-state index in [0.29, 0.717) is 16.9 Å². The number of carboxylic acids is 1. The van der Waals surface area contributed by atoms with Gasteiger partial charge in [0.2, 0.25) is 0 Å². The largest absolute Gasteiger partial charge is 0.480 e. The number of hydrogen-bond acceptors (Lipinski definition) is 5. The van der Waals surface area contributed by atoms with Crippen LogP contribution in [0, 0.1) is 5.41 Å². The van der Waals surface area contributed by atoms with Crippen molar-refractivity contribution in [2.24, 2.45) is 5.41 Å². The number of carbonyl (C=O) groups is 1. The Kier molecular flexibility index (Phi) is 6.68. The average Bonchev–Trinajstić information content (AvgIpc) is 3.18. The van der Waals surface area contributed by atoms with E-state index < -0.39 is 27.4 Å². The molecule has 36 heavy (non-hydrogen) atoms. The number of anilines is 2. The molecule has 1 atom stereocenters. The Balaban J connectivity index is 1.95. The van der Waals surface area contributed by atoms with Crippen LogP contribution >= 0.6 is 23.2 Å². The van der Waals surface area contributed by atoms with E-state index in [2.05, 4.69) is 4.98 Å². The van der Waals surface area contributed by atoms with E-state index >= 15 is 0 Å². The summed E-state index contributed by atoms with van der Waals surface area (Å²) in [5.41, 5.74) is 6.49. The molecule has 8 nitrogen and oxygen atoms in total. The fourth-order valence-electron chi connectivity index (χ4n) is 4.10. The number of halogens is 2. The van der Waals surface area contributed by atoms with Crippen LogP contribution in [0.4, 0.5) is 11.4 Å². The molecule has 0 amide bonds. The highest BCUT2D eigenvalue weighted by Crippen LogP contribution is 2.37. The van der Waals surface area contributed by atoms with Gasteiger partial charge in [-0.1, -0.05) is 44.0 Å². The van der Waals surface area contributed by atoms with Crippen LogP contribution in [0.1, 0.15) is 20.8 Å². The molecule has 2 aromatic heterocycles. The number of carboxylic acid groups (broad SMARTS) is 1. The van der Waals surface area contributed by atoms with E-state index in [0.717, 1.165) is 9.82 Å². The van der Waals surface area contributed by atoms with Crippen LogP contribution in [0.15, 0.2) is 71.9 Å². The monoisotopic (exact) mass is 546 g/mol. The molecule has 3 N–H and O–H groups in total. The Bertz CT molecular complexity index is 1560. The molecular weight excluding hydrogens is 523 g/mol. The molecule has 4 aromatic rings. The zero-order valence-electron chi connectivity index (χ0n) is 19.7. The fourth-order valence-corrected chi connectivity index (χ4v) is 6.61. The van der Waals surface area contributed by atoms with Crippen LogP contribution in [0.25, 0.3) is 16.7 Å². The van der Waals surface area contributed by atoms with Gasteiger partial charge in [0.05, 0.1) is 21.8 Å². The summed E-state index contributed by atoms with van der Waals surface area (Å²) in [6.07, 6.45) is 3.39. The molecule has 0 fully saturated rings. The first-order valence-corrected chi connectivity index (χ1v) is 13.1. The Labute approximate surface area is 218 Å². The van der Waals surface area contributed by atoms with E-state index in [1.165, 1.54) is 18.2 Å². The summed E-state index contributed by atoms with van der Waals surface area (Å²) in [5, 5.41) is 11.1. The summed E-state index contributed by atoms with van der Waals surface area (Å²) >= 11 is 12.2. The summed E-state index contributed by atoms with van der Waals surface area (Å²) in [5.74, 6) is -0.769. The van der Waals surface area contributed by atoms with E-state index in [9.17, 15) is 18.3 Å². The normalized spacial score (nSPS) is 13.0. The minimum Gasteiger partial charge on any atom is -0.480 e. The summed E-state index contributed by atoms with van der Waals surface area (Å²) in [6, 6.07) is 12.6. The van der Waals surface area contributed by atoms with Gasteiger partial charge in [-0.05, 0) is 60.0 Å². The number of sulfonamides is 1. The number of nitrogen functional groups attached to an aromatic ring is 1. The van der Waals surface area contributed by atoms with Gasteiger partial charge in [-0.2, -0.15) is 0 Å². The molecule has 0 radical (unpaired) electrons. The van der Waals surface area contributed by atoms with Crippen molar-refractivity contribution in [3.8, 4) is 5.82 Å². The molecule has 0 saturated heterocycles. The summed E-state index contributed by atoms with van der Waals surface area (Å²) in [6.45, 7) is 4.99. The van der Waals surface area contributed by atoms with Crippen LogP contribution in [0.2, 0.25) is 10.0 Å². The maximum absolute atomic E-state index is 14.0. The molecule has 2 aromatic carbocycles. The third-order valence-corrected chi connectivity index (χ3v) is 7.86. The molecule has 0 bridgehead atoms. The molecule has 0 spiro atoms. The highest BCUT2D eigenvalue weighted by atomic mass is 35.5. The Morgan fingerprint density at radius 2 is 1.75 bits per heavy atom. The lowest BCUT2D eigenvalue weighted by atomic mass is 9.86. The van der Waals surface area contributed by atoms with Crippen molar-refractivity contribution in [2.75, 3.05) is 10.0 Å². The van der Waals surface area contributed by atoms with E-state index in [-0.39, 0.29) is 20.6 Å². The number of pyridine rings is 1. The molecule has 0 aliphatic rings. The number of nitrogens with zero attached hydrogens (tertiary/aromatic N) is 3. The van der Waals surface area contributed by atoms with Crippen LogP contribution in [-0.2, 0) is 14.8 Å². The number of fused-ring (bicyclic) bond motifs is 1. The van der Waals surface area contributed by atoms with E-state index in [1.54, 1.807) is 74.1 Å². The lowest BCUT2D eigenvalue weighted by Crippen LogP contribution is -2.52. The van der Waals surface area contributed by atoms with Crippen LogP contribution in [-0.4, -0.2) is 35.1 Å². The summed E-state index contributed by atoms with van der Waals surface area (Å²) in [7, 11) is -4.40. The smallest absolute Gasteiger partial charge is 0.328 e. The predicted octanol–water partition coefficient (Wildman–Crippen LogP) is 5.61. The molecule has 0 aliphatic heterocycles. The zero-order valence-corrected chi connectivity index (χ0v) is 22.0. The summed E-state index contributed by atoms with van der Waals surface area (Å²) < 4.78 is 30.6. The van der Waals surface area contributed by atoms with Crippen molar-refractivity contribution in [1.82, 2.24) is 9.55 Å². The second kappa shape index (κ2) is 9.31. The van der Waals surface area contributed by atoms with Gasteiger partial charge in [0.15, 0.2) is 5.82 Å². The standard InChI is InChI=1S/C25H24Cl2N4O4S/c1-25(2,3)22(24(32)33)31(36(34,35)19-13-16(26)12-17(27)14-19)18-6-7-21-15(11-18)8-10-30(21)23-20(28)5-4-9-29-23/h4-14,22H,28H2,1-3H3,(H,32,33). The maximum atomic E-state index is 14.0. The average molecular weight is 547 g/mol. The molecular formula is C25H24Cl2N4O4S. The minimum absolute atomic E-state index is 0.115. The van der Waals surface area contributed by atoms with Crippen molar-refractivity contribution in [1.29, 1.82) is 0 Å². The van der Waals surface area contributed by atoms with Crippen LogP contribution in [0.3, 0.4) is 0 Å². The predicted molar refractivity (Wildman–Crippen MR) is 142 cm³/mol. The maximum Gasteiger partial charge on any atom is 0.328 e. The minimum atomic E-state index is -4.40. The van der Waals surface area contributed by atoms with Crippen molar-refractivity contribution < 1.29 is 18.3 Å².